The molecule has 0 aliphatic heterocycles. The number of phenols is 1. The number of ether oxygens (including phenoxy) is 1. The Bertz CT molecular complexity index is 590. The molecule has 120 valence electrons. The maximum absolute atomic E-state index is 11.5. The molecule has 7 nitrogen and oxygen atoms in total. The highest BCUT2D eigenvalue weighted by molar-refractivity contribution is 9.10. The maximum Gasteiger partial charge on any atom is 0.329 e. The lowest BCUT2D eigenvalue weighted by molar-refractivity contribution is -0.139. The predicted molar refractivity (Wildman–Crippen MR) is 86.0 cm³/mol. The molecule has 0 saturated heterocycles. The molecule has 3 N–H and O–H groups in total. The average Bonchev–Trinajstić information content (AvgIpc) is 2.50. The minimum Gasteiger partial charge on any atom is -0.503 e. The Morgan fingerprint density at radius 2 is 2.14 bits per heavy atom. The molecule has 0 unspecified atom stereocenters. The van der Waals surface area contributed by atoms with Gasteiger partial charge in [-0.2, -0.15) is 5.10 Å². The molecule has 0 aliphatic carbocycles. The Kier molecular flexibility index (Phi) is 6.84. The Morgan fingerprint density at radius 3 is 2.73 bits per heavy atom. The van der Waals surface area contributed by atoms with Crippen LogP contribution in [0.25, 0.3) is 0 Å². The van der Waals surface area contributed by atoms with Crippen LogP contribution in [0.4, 0.5) is 0 Å². The third-order valence-corrected chi connectivity index (χ3v) is 3.45. The molecule has 1 atom stereocenters. The summed E-state index contributed by atoms with van der Waals surface area (Å²) in [5.74, 6) is -1.36. The molecule has 0 fully saturated rings. The zero-order valence-corrected chi connectivity index (χ0v) is 14.1. The number of carbonyl (C=O) groups is 2. The van der Waals surface area contributed by atoms with Crippen LogP contribution in [0, 0.1) is 0 Å². The van der Waals surface area contributed by atoms with Gasteiger partial charge in [-0.3, -0.25) is 9.59 Å². The number of halogens is 1. The van der Waals surface area contributed by atoms with Crippen molar-refractivity contribution >= 4 is 34.0 Å². The van der Waals surface area contributed by atoms with Crippen LogP contribution in [0.5, 0.6) is 11.5 Å². The Hall–Kier alpha value is -2.09. The summed E-state index contributed by atoms with van der Waals surface area (Å²) in [5.41, 5.74) is 2.71. The van der Waals surface area contributed by atoms with E-state index in [9.17, 15) is 14.7 Å². The minimum atomic E-state index is -0.846. The monoisotopic (exact) mass is 371 g/mol. The van der Waals surface area contributed by atoms with Gasteiger partial charge in [0.15, 0.2) is 11.5 Å². The molecule has 22 heavy (non-hydrogen) atoms. The van der Waals surface area contributed by atoms with Crippen molar-refractivity contribution in [2.75, 3.05) is 7.11 Å². The van der Waals surface area contributed by atoms with Gasteiger partial charge in [0.05, 0.1) is 17.8 Å². The van der Waals surface area contributed by atoms with Crippen molar-refractivity contribution in [3.63, 3.8) is 0 Å². The van der Waals surface area contributed by atoms with Crippen molar-refractivity contribution < 1.29 is 19.4 Å². The largest absolute Gasteiger partial charge is 0.503 e. The Labute approximate surface area is 136 Å². The van der Waals surface area contributed by atoms with Crippen molar-refractivity contribution in [2.45, 2.75) is 26.3 Å². The summed E-state index contributed by atoms with van der Waals surface area (Å²) in [4.78, 5) is 23.0. The number of methoxy groups -OCH3 is 1. The van der Waals surface area contributed by atoms with Crippen LogP contribution in [0.3, 0.4) is 0 Å². The number of nitrogens with zero attached hydrogens (tertiary/aromatic N) is 1. The van der Waals surface area contributed by atoms with Crippen molar-refractivity contribution in [1.82, 2.24) is 10.7 Å². The van der Waals surface area contributed by atoms with Gasteiger partial charge in [-0.15, -0.1) is 0 Å². The lowest BCUT2D eigenvalue weighted by Gasteiger charge is -2.09. The fourth-order valence-electron chi connectivity index (χ4n) is 1.43. The molecule has 1 aromatic rings. The molecular formula is C14H18BrN3O4. The lowest BCUT2D eigenvalue weighted by Crippen LogP contribution is -2.41. The van der Waals surface area contributed by atoms with Gasteiger partial charge in [-0.05, 0) is 47.0 Å². The van der Waals surface area contributed by atoms with Crippen molar-refractivity contribution in [1.29, 1.82) is 0 Å². The topological polar surface area (TPSA) is 100 Å². The highest BCUT2D eigenvalue weighted by atomic mass is 79.9. The number of aromatic hydroxyl groups is 1. The molecule has 0 spiro atoms. The number of carbonyl (C=O) groups excluding carboxylic acids is 2. The highest BCUT2D eigenvalue weighted by Gasteiger charge is 2.14. The summed E-state index contributed by atoms with van der Waals surface area (Å²) in [6, 6.07) is 3.04. The van der Waals surface area contributed by atoms with E-state index in [0.717, 1.165) is 6.42 Å². The van der Waals surface area contributed by atoms with E-state index in [1.807, 2.05) is 6.92 Å². The molecule has 0 aliphatic rings. The lowest BCUT2D eigenvalue weighted by atomic mass is 10.2. The van der Waals surface area contributed by atoms with Gasteiger partial charge in [0, 0.05) is 6.04 Å². The first kappa shape index (κ1) is 18.0. The Morgan fingerprint density at radius 1 is 1.45 bits per heavy atom. The molecule has 0 saturated carbocycles. The van der Waals surface area contributed by atoms with E-state index in [-0.39, 0.29) is 17.5 Å². The number of benzene rings is 1. The third-order valence-electron chi connectivity index (χ3n) is 2.85. The normalized spacial score (nSPS) is 12.0. The quantitative estimate of drug-likeness (QED) is 0.415. The summed E-state index contributed by atoms with van der Waals surface area (Å²) >= 11 is 3.17. The van der Waals surface area contributed by atoms with Crippen LogP contribution in [-0.4, -0.2) is 36.3 Å². The zero-order chi connectivity index (χ0) is 16.7. The average molecular weight is 372 g/mol. The SMILES string of the molecule is CC[C@@H](C)NC(=O)C(=O)N/N=C\c1cc(Br)c(O)c(OC)c1. The van der Waals surface area contributed by atoms with Gasteiger partial charge < -0.3 is 15.2 Å². The number of hydrogen-bond acceptors (Lipinski definition) is 5. The van der Waals surface area contributed by atoms with Gasteiger partial charge >= 0.3 is 11.8 Å². The molecule has 1 aromatic carbocycles. The van der Waals surface area contributed by atoms with Crippen LogP contribution in [0.15, 0.2) is 21.7 Å². The molecule has 0 heterocycles. The number of phenolic OH excluding ortho intramolecular Hbond substituents is 1. The van der Waals surface area contributed by atoms with Crippen LogP contribution >= 0.6 is 15.9 Å². The first-order chi connectivity index (χ1) is 10.4. The van der Waals surface area contributed by atoms with Crippen molar-refractivity contribution in [3.8, 4) is 11.5 Å². The van der Waals surface area contributed by atoms with Crippen LogP contribution in [-0.2, 0) is 9.59 Å². The van der Waals surface area contributed by atoms with Gasteiger partial charge in [0.2, 0.25) is 0 Å². The third kappa shape index (κ3) is 5.03. The number of hydrazone groups is 1. The van der Waals surface area contributed by atoms with Crippen LogP contribution in [0.1, 0.15) is 25.8 Å². The van der Waals surface area contributed by atoms with Gasteiger partial charge in [-0.1, -0.05) is 6.92 Å². The van der Waals surface area contributed by atoms with E-state index in [1.165, 1.54) is 19.4 Å². The van der Waals surface area contributed by atoms with E-state index in [1.54, 1.807) is 13.0 Å². The predicted octanol–water partition coefficient (Wildman–Crippen LogP) is 1.53. The van der Waals surface area contributed by atoms with E-state index in [4.69, 9.17) is 4.74 Å². The van der Waals surface area contributed by atoms with E-state index in [0.29, 0.717) is 10.0 Å². The van der Waals surface area contributed by atoms with Gasteiger partial charge in [-0.25, -0.2) is 5.43 Å². The molecular weight excluding hydrogens is 354 g/mol. The first-order valence-corrected chi connectivity index (χ1v) is 7.38. The number of rotatable bonds is 5. The maximum atomic E-state index is 11.5. The fourth-order valence-corrected chi connectivity index (χ4v) is 1.89. The molecule has 8 heteroatoms. The number of nitrogens with one attached hydrogen (secondary N) is 2. The smallest absolute Gasteiger partial charge is 0.329 e. The Balaban J connectivity index is 2.68. The molecule has 1 rings (SSSR count). The van der Waals surface area contributed by atoms with Crippen LogP contribution in [0.2, 0.25) is 0 Å². The van der Waals surface area contributed by atoms with Crippen molar-refractivity contribution in [3.05, 3.63) is 22.2 Å². The second kappa shape index (κ2) is 8.38. The standard InChI is InChI=1S/C14H18BrN3O4/c1-4-8(2)17-13(20)14(21)18-16-7-9-5-10(15)12(19)11(6-9)22-3/h5-8,19H,4H2,1-3H3,(H,17,20)(H,18,21)/b16-7-/t8-/m1/s1. The summed E-state index contributed by atoms with van der Waals surface area (Å²) in [6.07, 6.45) is 2.06. The molecule has 2 amide bonds. The summed E-state index contributed by atoms with van der Waals surface area (Å²) < 4.78 is 5.42. The molecule has 0 bridgehead atoms. The second-order valence-corrected chi connectivity index (χ2v) is 5.39. The second-order valence-electron chi connectivity index (χ2n) is 4.54. The summed E-state index contributed by atoms with van der Waals surface area (Å²) in [6.45, 7) is 3.70. The summed E-state index contributed by atoms with van der Waals surface area (Å²) in [5, 5.41) is 15.9. The minimum absolute atomic E-state index is 0.0309. The number of amides is 2. The van der Waals surface area contributed by atoms with E-state index < -0.39 is 11.8 Å². The van der Waals surface area contributed by atoms with Gasteiger partial charge in [0.25, 0.3) is 0 Å². The van der Waals surface area contributed by atoms with Gasteiger partial charge in [0.1, 0.15) is 0 Å². The zero-order valence-electron chi connectivity index (χ0n) is 12.5. The highest BCUT2D eigenvalue weighted by Crippen LogP contribution is 2.34. The van der Waals surface area contributed by atoms with E-state index >= 15 is 0 Å². The fraction of sp³-hybridized carbons (Fsp3) is 0.357. The van der Waals surface area contributed by atoms with Crippen LogP contribution < -0.4 is 15.5 Å². The number of hydrogen-bond donors (Lipinski definition) is 3. The first-order valence-electron chi connectivity index (χ1n) is 6.59. The van der Waals surface area contributed by atoms with Crippen molar-refractivity contribution in [2.24, 2.45) is 5.10 Å². The van der Waals surface area contributed by atoms with E-state index in [2.05, 4.69) is 31.8 Å². The molecule has 0 radical (unpaired) electrons. The summed E-state index contributed by atoms with van der Waals surface area (Å²) in [7, 11) is 1.42. The molecule has 0 aromatic heterocycles.